The predicted octanol–water partition coefficient (Wildman–Crippen LogP) is 2.96. The molecule has 0 aliphatic heterocycles. The smallest absolute Gasteiger partial charge is 0.305 e. The predicted molar refractivity (Wildman–Crippen MR) is 72.4 cm³/mol. The minimum Gasteiger partial charge on any atom is -0.481 e. The molecule has 20 heavy (non-hydrogen) atoms. The Bertz CT molecular complexity index is 511. The van der Waals surface area contributed by atoms with E-state index in [4.69, 9.17) is 5.11 Å². The van der Waals surface area contributed by atoms with Crippen molar-refractivity contribution in [3.8, 4) is 0 Å². The summed E-state index contributed by atoms with van der Waals surface area (Å²) >= 11 is 2.91. The van der Waals surface area contributed by atoms with E-state index >= 15 is 0 Å². The Morgan fingerprint density at radius 3 is 2.20 bits per heavy atom. The second-order valence-corrected chi connectivity index (χ2v) is 5.58. The fraction of sp³-hybridized carbons (Fsp3) is 0.385. The van der Waals surface area contributed by atoms with Crippen LogP contribution in [0.15, 0.2) is 16.6 Å². The highest BCUT2D eigenvalue weighted by molar-refractivity contribution is 9.10. The first kappa shape index (κ1) is 16.6. The van der Waals surface area contributed by atoms with Gasteiger partial charge in [0, 0.05) is 10.5 Å². The average Bonchev–Trinajstić information content (AvgIpc) is 2.25. The lowest BCUT2D eigenvalue weighted by molar-refractivity contribution is -0.137. The van der Waals surface area contributed by atoms with Crippen LogP contribution in [0.3, 0.4) is 0 Å². The summed E-state index contributed by atoms with van der Waals surface area (Å²) in [4.78, 5) is 22.6. The van der Waals surface area contributed by atoms with Crippen LogP contribution in [0.5, 0.6) is 0 Å². The number of carboxylic acid groups (broad SMARTS) is 1. The van der Waals surface area contributed by atoms with Gasteiger partial charge in [0.1, 0.15) is 17.2 Å². The van der Waals surface area contributed by atoms with Gasteiger partial charge in [-0.25, -0.2) is 8.78 Å². The number of benzene rings is 1. The van der Waals surface area contributed by atoms with E-state index in [1.165, 1.54) is 0 Å². The monoisotopic (exact) mass is 349 g/mol. The van der Waals surface area contributed by atoms with Crippen LogP contribution in [-0.2, 0) is 4.79 Å². The molecule has 1 amide bonds. The zero-order valence-electron chi connectivity index (χ0n) is 10.9. The van der Waals surface area contributed by atoms with Gasteiger partial charge in [-0.15, -0.1) is 0 Å². The van der Waals surface area contributed by atoms with Crippen LogP contribution < -0.4 is 5.32 Å². The first-order valence-corrected chi connectivity index (χ1v) is 6.69. The number of nitrogens with one attached hydrogen (secondary N) is 1. The van der Waals surface area contributed by atoms with Crippen molar-refractivity contribution in [2.75, 3.05) is 0 Å². The lowest BCUT2D eigenvalue weighted by Gasteiger charge is -2.21. The van der Waals surface area contributed by atoms with Crippen molar-refractivity contribution in [2.24, 2.45) is 5.92 Å². The fourth-order valence-corrected chi connectivity index (χ4v) is 2.04. The van der Waals surface area contributed by atoms with Gasteiger partial charge in [0.25, 0.3) is 5.91 Å². The molecule has 0 saturated carbocycles. The van der Waals surface area contributed by atoms with Crippen LogP contribution in [0.4, 0.5) is 8.78 Å². The summed E-state index contributed by atoms with van der Waals surface area (Å²) in [6, 6.07) is 1.24. The number of halogens is 3. The Balaban J connectivity index is 2.98. The molecule has 1 atom stereocenters. The summed E-state index contributed by atoms with van der Waals surface area (Å²) in [6.45, 7) is 3.42. The first-order valence-electron chi connectivity index (χ1n) is 5.89. The third-order valence-corrected chi connectivity index (χ3v) is 3.21. The number of amides is 1. The molecule has 7 heteroatoms. The van der Waals surface area contributed by atoms with Crippen molar-refractivity contribution in [1.82, 2.24) is 5.32 Å². The standard InChI is InChI=1S/C13H14BrF2NO3/c1-6(2)10(5-11(18)19)17-13(20)12-8(15)3-7(14)4-9(12)16/h3-4,6,10H,5H2,1-2H3,(H,17,20)(H,18,19). The summed E-state index contributed by atoms with van der Waals surface area (Å²) in [6.07, 6.45) is -0.316. The van der Waals surface area contributed by atoms with Gasteiger partial charge in [0.2, 0.25) is 0 Å². The van der Waals surface area contributed by atoms with Gasteiger partial charge in [0.05, 0.1) is 6.42 Å². The highest BCUT2D eigenvalue weighted by Crippen LogP contribution is 2.20. The molecule has 1 rings (SSSR count). The molecular formula is C13H14BrF2NO3. The lowest BCUT2D eigenvalue weighted by atomic mass is 10.0. The van der Waals surface area contributed by atoms with Gasteiger partial charge < -0.3 is 10.4 Å². The van der Waals surface area contributed by atoms with Crippen LogP contribution >= 0.6 is 15.9 Å². The maximum absolute atomic E-state index is 13.6. The van der Waals surface area contributed by atoms with E-state index in [9.17, 15) is 18.4 Å². The number of hydrogen-bond donors (Lipinski definition) is 2. The topological polar surface area (TPSA) is 66.4 Å². The molecule has 0 aromatic heterocycles. The number of carboxylic acids is 1. The Labute approximate surface area is 123 Å². The molecule has 0 saturated heterocycles. The maximum atomic E-state index is 13.6. The normalized spacial score (nSPS) is 12.3. The number of carbonyl (C=O) groups is 2. The maximum Gasteiger partial charge on any atom is 0.305 e. The molecule has 1 aromatic rings. The summed E-state index contributed by atoms with van der Waals surface area (Å²) < 4.78 is 27.4. The summed E-state index contributed by atoms with van der Waals surface area (Å²) in [5, 5.41) is 11.1. The molecule has 4 nitrogen and oxygen atoms in total. The van der Waals surface area contributed by atoms with Crippen molar-refractivity contribution in [3.63, 3.8) is 0 Å². The van der Waals surface area contributed by atoms with E-state index in [1.807, 2.05) is 0 Å². The van der Waals surface area contributed by atoms with Gasteiger partial charge in [-0.2, -0.15) is 0 Å². The number of aliphatic carboxylic acids is 1. The van der Waals surface area contributed by atoms with E-state index in [0.717, 1.165) is 12.1 Å². The quantitative estimate of drug-likeness (QED) is 0.858. The summed E-state index contributed by atoms with van der Waals surface area (Å²) in [5.41, 5.74) is -0.718. The number of hydrogen-bond acceptors (Lipinski definition) is 2. The van der Waals surface area contributed by atoms with E-state index in [1.54, 1.807) is 13.8 Å². The van der Waals surface area contributed by atoms with Gasteiger partial charge >= 0.3 is 5.97 Å². The van der Waals surface area contributed by atoms with Crippen molar-refractivity contribution in [3.05, 3.63) is 33.8 Å². The van der Waals surface area contributed by atoms with Gasteiger partial charge in [-0.3, -0.25) is 9.59 Å². The van der Waals surface area contributed by atoms with Crippen molar-refractivity contribution in [2.45, 2.75) is 26.3 Å². The lowest BCUT2D eigenvalue weighted by Crippen LogP contribution is -2.40. The Kier molecular flexibility index (Phi) is 5.62. The second-order valence-electron chi connectivity index (χ2n) is 4.67. The van der Waals surface area contributed by atoms with Crippen LogP contribution in [0.25, 0.3) is 0 Å². The molecule has 2 N–H and O–H groups in total. The second kappa shape index (κ2) is 6.78. The number of carbonyl (C=O) groups excluding carboxylic acids is 1. The SMILES string of the molecule is CC(C)C(CC(=O)O)NC(=O)c1c(F)cc(Br)cc1F. The van der Waals surface area contributed by atoms with Crippen LogP contribution in [0.1, 0.15) is 30.6 Å². The first-order chi connectivity index (χ1) is 9.22. The van der Waals surface area contributed by atoms with Crippen LogP contribution in [0.2, 0.25) is 0 Å². The average molecular weight is 350 g/mol. The van der Waals surface area contributed by atoms with Gasteiger partial charge in [0.15, 0.2) is 0 Å². The highest BCUT2D eigenvalue weighted by Gasteiger charge is 2.24. The van der Waals surface area contributed by atoms with E-state index < -0.39 is 35.1 Å². The van der Waals surface area contributed by atoms with Crippen molar-refractivity contribution in [1.29, 1.82) is 0 Å². The molecule has 0 spiro atoms. The van der Waals surface area contributed by atoms with Crippen molar-refractivity contribution >= 4 is 27.8 Å². The number of rotatable bonds is 5. The van der Waals surface area contributed by atoms with E-state index in [-0.39, 0.29) is 16.8 Å². The molecule has 0 aliphatic rings. The third kappa shape index (κ3) is 4.26. The minimum absolute atomic E-state index is 0.176. The molecule has 0 aliphatic carbocycles. The van der Waals surface area contributed by atoms with E-state index in [0.29, 0.717) is 0 Å². The molecule has 0 bridgehead atoms. The molecular weight excluding hydrogens is 336 g/mol. The fourth-order valence-electron chi connectivity index (χ4n) is 1.64. The molecule has 0 fully saturated rings. The van der Waals surface area contributed by atoms with Crippen LogP contribution in [0, 0.1) is 17.6 Å². The Hall–Kier alpha value is -1.50. The van der Waals surface area contributed by atoms with E-state index in [2.05, 4.69) is 21.2 Å². The highest BCUT2D eigenvalue weighted by atomic mass is 79.9. The Morgan fingerprint density at radius 2 is 1.80 bits per heavy atom. The third-order valence-electron chi connectivity index (χ3n) is 2.75. The molecule has 1 aromatic carbocycles. The molecule has 110 valence electrons. The van der Waals surface area contributed by atoms with Crippen molar-refractivity contribution < 1.29 is 23.5 Å². The largest absolute Gasteiger partial charge is 0.481 e. The zero-order valence-corrected chi connectivity index (χ0v) is 12.5. The zero-order chi connectivity index (χ0) is 15.4. The molecule has 0 heterocycles. The molecule has 1 unspecified atom stereocenters. The molecule has 0 radical (unpaired) electrons. The van der Waals surface area contributed by atoms with Gasteiger partial charge in [-0.1, -0.05) is 29.8 Å². The Morgan fingerprint density at radius 1 is 1.30 bits per heavy atom. The minimum atomic E-state index is -1.10. The van der Waals surface area contributed by atoms with Crippen LogP contribution in [-0.4, -0.2) is 23.0 Å². The summed E-state index contributed by atoms with van der Waals surface area (Å²) in [5.74, 6) is -4.26. The summed E-state index contributed by atoms with van der Waals surface area (Å²) in [7, 11) is 0. The van der Waals surface area contributed by atoms with Gasteiger partial charge in [-0.05, 0) is 18.1 Å².